The van der Waals surface area contributed by atoms with Gasteiger partial charge in [0.1, 0.15) is 17.0 Å². The van der Waals surface area contributed by atoms with Crippen molar-refractivity contribution >= 4 is 39.5 Å². The molecule has 1 aliphatic heterocycles. The highest BCUT2D eigenvalue weighted by molar-refractivity contribution is 6.04. The molecule has 0 bridgehead atoms. The number of nitrogens with zero attached hydrogens (tertiary/aromatic N) is 7. The van der Waals surface area contributed by atoms with Crippen LogP contribution in [-0.2, 0) is 0 Å². The fourth-order valence-corrected chi connectivity index (χ4v) is 5.06. The number of aromatic nitrogens is 7. The molecule has 0 saturated carbocycles. The van der Waals surface area contributed by atoms with Gasteiger partial charge in [-0.1, -0.05) is 18.2 Å². The van der Waals surface area contributed by atoms with Gasteiger partial charge in [0.15, 0.2) is 17.3 Å². The van der Waals surface area contributed by atoms with E-state index in [1.165, 1.54) is 18.6 Å². The molecule has 0 unspecified atom stereocenters. The standard InChI is InChI=1S/C29H25FN10O/c1-39-9-11-40(12-10-39)28-24-21(7-8-32-28)35-27(36-24)25-22-23(30)20(16-33-26(22)38-37-25)18-13-19(15-31-14-18)34-29(41)17-5-3-2-4-6-17/h2-8,13-16H,9-12H2,1H3,(H,34,41)(H,35,36)(H,33,37,38). The van der Waals surface area contributed by atoms with Crippen molar-refractivity contribution in [3.05, 3.63) is 78.6 Å². The van der Waals surface area contributed by atoms with Crippen molar-refractivity contribution in [2.45, 2.75) is 0 Å². The lowest BCUT2D eigenvalue weighted by Crippen LogP contribution is -2.44. The number of H-pyrrole nitrogens is 2. The van der Waals surface area contributed by atoms with E-state index in [2.05, 4.69) is 52.3 Å². The summed E-state index contributed by atoms with van der Waals surface area (Å²) in [5, 5.41) is 10.2. The minimum Gasteiger partial charge on any atom is -0.352 e. The number of halogens is 1. The van der Waals surface area contributed by atoms with E-state index in [0.29, 0.717) is 39.5 Å². The second-order valence-electron chi connectivity index (χ2n) is 9.97. The van der Waals surface area contributed by atoms with Crippen molar-refractivity contribution < 1.29 is 9.18 Å². The van der Waals surface area contributed by atoms with Gasteiger partial charge in [-0.3, -0.25) is 14.9 Å². The van der Waals surface area contributed by atoms with E-state index < -0.39 is 5.82 Å². The summed E-state index contributed by atoms with van der Waals surface area (Å²) in [5.41, 5.74) is 3.72. The number of rotatable bonds is 5. The monoisotopic (exact) mass is 548 g/mol. The van der Waals surface area contributed by atoms with Crippen LogP contribution in [0.15, 0.2) is 67.3 Å². The van der Waals surface area contributed by atoms with Crippen LogP contribution in [0.2, 0.25) is 0 Å². The first-order valence-corrected chi connectivity index (χ1v) is 13.2. The van der Waals surface area contributed by atoms with Crippen LogP contribution >= 0.6 is 0 Å². The molecule has 0 spiro atoms. The predicted octanol–water partition coefficient (Wildman–Crippen LogP) is 4.10. The number of carbonyl (C=O) groups excluding carboxylic acids is 1. The van der Waals surface area contributed by atoms with Gasteiger partial charge in [-0.05, 0) is 31.3 Å². The number of hydrogen-bond donors (Lipinski definition) is 3. The molecule has 0 aliphatic carbocycles. The van der Waals surface area contributed by atoms with Gasteiger partial charge >= 0.3 is 0 Å². The van der Waals surface area contributed by atoms with Crippen LogP contribution in [0.25, 0.3) is 44.7 Å². The second-order valence-corrected chi connectivity index (χ2v) is 9.97. The Labute approximate surface area is 233 Å². The molecule has 12 heteroatoms. The maximum absolute atomic E-state index is 16.2. The van der Waals surface area contributed by atoms with Crippen molar-refractivity contribution in [2.75, 3.05) is 43.4 Å². The van der Waals surface area contributed by atoms with E-state index in [0.717, 1.165) is 37.5 Å². The highest BCUT2D eigenvalue weighted by Gasteiger charge is 2.23. The zero-order valence-corrected chi connectivity index (χ0v) is 22.1. The predicted molar refractivity (Wildman–Crippen MR) is 154 cm³/mol. The Morgan fingerprint density at radius 3 is 2.68 bits per heavy atom. The zero-order valence-electron chi connectivity index (χ0n) is 22.1. The van der Waals surface area contributed by atoms with E-state index in [1.807, 2.05) is 12.1 Å². The summed E-state index contributed by atoms with van der Waals surface area (Å²) in [7, 11) is 2.10. The number of anilines is 2. The van der Waals surface area contributed by atoms with E-state index in [-0.39, 0.29) is 16.9 Å². The maximum atomic E-state index is 16.2. The van der Waals surface area contributed by atoms with Crippen LogP contribution < -0.4 is 10.2 Å². The van der Waals surface area contributed by atoms with E-state index in [9.17, 15) is 4.79 Å². The van der Waals surface area contributed by atoms with Crippen LogP contribution in [0.1, 0.15) is 10.4 Å². The fraction of sp³-hybridized carbons (Fsp3) is 0.172. The minimum atomic E-state index is -0.523. The molecule has 6 aromatic rings. The highest BCUT2D eigenvalue weighted by atomic mass is 19.1. The van der Waals surface area contributed by atoms with Gasteiger partial charge in [-0.25, -0.2) is 19.3 Å². The number of nitrogens with one attached hydrogen (secondary N) is 3. The first kappa shape index (κ1) is 24.8. The first-order valence-electron chi connectivity index (χ1n) is 13.2. The van der Waals surface area contributed by atoms with Crippen molar-refractivity contribution in [1.29, 1.82) is 0 Å². The average molecular weight is 549 g/mol. The SMILES string of the molecule is CN1CCN(c2nccc3[nH]c(-c4n[nH]c5ncc(-c6cncc(NC(=O)c7ccccc7)c6)c(F)c45)nc23)CC1. The molecule has 41 heavy (non-hydrogen) atoms. The lowest BCUT2D eigenvalue weighted by atomic mass is 10.1. The van der Waals surface area contributed by atoms with Gasteiger partial charge in [-0.15, -0.1) is 0 Å². The number of pyridine rings is 3. The molecule has 11 nitrogen and oxygen atoms in total. The molecule has 7 rings (SSSR count). The Morgan fingerprint density at radius 1 is 1.02 bits per heavy atom. The van der Waals surface area contributed by atoms with Gasteiger partial charge in [-0.2, -0.15) is 5.10 Å². The van der Waals surface area contributed by atoms with E-state index >= 15 is 4.39 Å². The molecular weight excluding hydrogens is 523 g/mol. The number of likely N-dealkylation sites (N-methyl/N-ethyl adjacent to an activating group) is 1. The zero-order chi connectivity index (χ0) is 27.9. The molecular formula is C29H25FN10O. The molecule has 5 aromatic heterocycles. The third-order valence-corrected chi connectivity index (χ3v) is 7.28. The van der Waals surface area contributed by atoms with Crippen LogP contribution in [0, 0.1) is 5.82 Å². The largest absolute Gasteiger partial charge is 0.352 e. The summed E-state index contributed by atoms with van der Waals surface area (Å²) in [4.78, 5) is 38.5. The summed E-state index contributed by atoms with van der Waals surface area (Å²) in [6.07, 6.45) is 6.21. The number of piperazine rings is 1. The summed E-state index contributed by atoms with van der Waals surface area (Å²) in [6, 6.07) is 12.3. The smallest absolute Gasteiger partial charge is 0.255 e. The molecule has 1 aromatic carbocycles. The lowest BCUT2D eigenvalue weighted by molar-refractivity contribution is 0.102. The molecule has 1 aliphatic rings. The van der Waals surface area contributed by atoms with Crippen molar-refractivity contribution in [3.63, 3.8) is 0 Å². The van der Waals surface area contributed by atoms with Crippen LogP contribution in [0.3, 0.4) is 0 Å². The third-order valence-electron chi connectivity index (χ3n) is 7.28. The molecule has 1 amide bonds. The number of fused-ring (bicyclic) bond motifs is 2. The van der Waals surface area contributed by atoms with Crippen LogP contribution in [0.4, 0.5) is 15.9 Å². The fourth-order valence-electron chi connectivity index (χ4n) is 5.06. The number of hydrogen-bond acceptors (Lipinski definition) is 8. The number of benzene rings is 1. The van der Waals surface area contributed by atoms with Gasteiger partial charge in [0, 0.05) is 61.5 Å². The first-order chi connectivity index (χ1) is 20.0. The Kier molecular flexibility index (Phi) is 6.08. The third kappa shape index (κ3) is 4.53. The second kappa shape index (κ2) is 10.1. The normalized spacial score (nSPS) is 14.1. The summed E-state index contributed by atoms with van der Waals surface area (Å²) < 4.78 is 16.2. The Balaban J connectivity index is 1.25. The van der Waals surface area contributed by atoms with Crippen molar-refractivity contribution in [3.8, 4) is 22.6 Å². The highest BCUT2D eigenvalue weighted by Crippen LogP contribution is 2.34. The van der Waals surface area contributed by atoms with Gasteiger partial charge in [0.25, 0.3) is 5.91 Å². The molecule has 6 heterocycles. The Morgan fingerprint density at radius 2 is 1.85 bits per heavy atom. The van der Waals surface area contributed by atoms with E-state index in [4.69, 9.17) is 4.98 Å². The van der Waals surface area contributed by atoms with E-state index in [1.54, 1.807) is 36.5 Å². The average Bonchev–Trinajstić information content (AvgIpc) is 3.63. The topological polar surface area (TPSA) is 132 Å². The van der Waals surface area contributed by atoms with Gasteiger partial charge in [0.05, 0.1) is 22.8 Å². The molecule has 1 saturated heterocycles. The lowest BCUT2D eigenvalue weighted by Gasteiger charge is -2.33. The van der Waals surface area contributed by atoms with Gasteiger partial charge in [0.2, 0.25) is 0 Å². The number of carbonyl (C=O) groups is 1. The Bertz CT molecular complexity index is 1890. The summed E-state index contributed by atoms with van der Waals surface area (Å²) in [6.45, 7) is 3.56. The molecule has 1 fully saturated rings. The van der Waals surface area contributed by atoms with Crippen molar-refractivity contribution in [1.82, 2.24) is 40.0 Å². The van der Waals surface area contributed by atoms with Gasteiger partial charge < -0.3 is 20.1 Å². The van der Waals surface area contributed by atoms with Crippen LogP contribution in [-0.4, -0.2) is 79.2 Å². The summed E-state index contributed by atoms with van der Waals surface area (Å²) in [5.74, 6) is 0.392. The van der Waals surface area contributed by atoms with Crippen molar-refractivity contribution in [2.24, 2.45) is 0 Å². The quantitative estimate of drug-likeness (QED) is 0.293. The molecule has 204 valence electrons. The minimum absolute atomic E-state index is 0.203. The molecule has 3 N–H and O–H groups in total. The Hall–Kier alpha value is -5.23. The van der Waals surface area contributed by atoms with Crippen LogP contribution in [0.5, 0.6) is 0 Å². The maximum Gasteiger partial charge on any atom is 0.255 e. The summed E-state index contributed by atoms with van der Waals surface area (Å²) >= 11 is 0. The number of amides is 1. The number of aromatic amines is 2. The molecule has 0 radical (unpaired) electrons. The number of imidazole rings is 1. The molecule has 0 atom stereocenters.